The largest absolute Gasteiger partial charge is 0.396 e. The van der Waals surface area contributed by atoms with E-state index in [-0.39, 0.29) is 17.9 Å². The zero-order chi connectivity index (χ0) is 11.9. The summed E-state index contributed by atoms with van der Waals surface area (Å²) < 4.78 is 0. The zero-order valence-electron chi connectivity index (χ0n) is 9.08. The molecule has 1 aliphatic rings. The normalized spacial score (nSPS) is 32.8. The molecule has 0 heterocycles. The van der Waals surface area contributed by atoms with Crippen LogP contribution in [0.5, 0.6) is 0 Å². The van der Waals surface area contributed by atoms with Crippen LogP contribution in [0, 0.1) is 11.8 Å². The highest BCUT2D eigenvalue weighted by Gasteiger charge is 2.61. The quantitative estimate of drug-likeness (QED) is 0.876. The van der Waals surface area contributed by atoms with E-state index in [0.29, 0.717) is 22.5 Å². The van der Waals surface area contributed by atoms with Crippen molar-refractivity contribution in [3.8, 4) is 0 Å². The molecule has 3 atom stereocenters. The van der Waals surface area contributed by atoms with Gasteiger partial charge in [-0.25, -0.2) is 0 Å². The lowest BCUT2D eigenvalue weighted by molar-refractivity contribution is 0.261. The van der Waals surface area contributed by atoms with Crippen molar-refractivity contribution in [1.29, 1.82) is 0 Å². The summed E-state index contributed by atoms with van der Waals surface area (Å²) in [4.78, 5) is 0. The van der Waals surface area contributed by atoms with Gasteiger partial charge in [0.15, 0.2) is 0 Å². The van der Waals surface area contributed by atoms with Gasteiger partial charge < -0.3 is 10.8 Å². The smallest absolute Gasteiger partial charge is 0.0595 e. The molecule has 1 saturated carbocycles. The summed E-state index contributed by atoms with van der Waals surface area (Å²) in [5.41, 5.74) is 6.82. The molecular weight excluding hydrogens is 245 g/mol. The Kier molecular flexibility index (Phi) is 3.19. The molecule has 0 radical (unpaired) electrons. The third kappa shape index (κ3) is 1.56. The Balaban J connectivity index is 2.40. The summed E-state index contributed by atoms with van der Waals surface area (Å²) in [6.07, 6.45) is 0. The first kappa shape index (κ1) is 12.2. The van der Waals surface area contributed by atoms with E-state index >= 15 is 0 Å². The summed E-state index contributed by atoms with van der Waals surface area (Å²) >= 11 is 11.9. The first-order chi connectivity index (χ1) is 7.57. The zero-order valence-corrected chi connectivity index (χ0v) is 10.6. The van der Waals surface area contributed by atoms with Crippen LogP contribution in [0.15, 0.2) is 18.2 Å². The number of halogens is 2. The Morgan fingerprint density at radius 1 is 1.38 bits per heavy atom. The molecule has 16 heavy (non-hydrogen) atoms. The van der Waals surface area contributed by atoms with Gasteiger partial charge in [-0.15, -0.1) is 0 Å². The first-order valence-corrected chi connectivity index (χ1v) is 6.10. The number of rotatable bonds is 3. The molecule has 0 spiro atoms. The molecule has 0 unspecified atom stereocenters. The summed E-state index contributed by atoms with van der Waals surface area (Å²) in [6.45, 7) is 2.80. The van der Waals surface area contributed by atoms with Crippen molar-refractivity contribution >= 4 is 23.2 Å². The van der Waals surface area contributed by atoms with E-state index in [9.17, 15) is 5.11 Å². The van der Waals surface area contributed by atoms with Crippen molar-refractivity contribution in [1.82, 2.24) is 0 Å². The predicted molar refractivity (Wildman–Crippen MR) is 66.9 cm³/mol. The standard InChI is InChI=1S/C12H15Cl2NO/c1-7-9(5-16)12(7,6-15)8-2-3-10(13)11(14)4-8/h2-4,7,9,16H,5-6,15H2,1H3/t7-,9+,12-/m1/s1. The van der Waals surface area contributed by atoms with E-state index in [1.54, 1.807) is 6.07 Å². The van der Waals surface area contributed by atoms with Crippen molar-refractivity contribution in [3.63, 3.8) is 0 Å². The molecule has 4 heteroatoms. The van der Waals surface area contributed by atoms with Crippen LogP contribution in [0.25, 0.3) is 0 Å². The van der Waals surface area contributed by atoms with Crippen molar-refractivity contribution < 1.29 is 5.11 Å². The minimum Gasteiger partial charge on any atom is -0.396 e. The fourth-order valence-corrected chi connectivity index (χ4v) is 3.06. The van der Waals surface area contributed by atoms with Crippen molar-refractivity contribution in [3.05, 3.63) is 33.8 Å². The molecule has 3 N–H and O–H groups in total. The van der Waals surface area contributed by atoms with Crippen molar-refractivity contribution in [2.75, 3.05) is 13.2 Å². The molecule has 0 aromatic heterocycles. The number of nitrogens with two attached hydrogens (primary N) is 1. The Morgan fingerprint density at radius 2 is 2.06 bits per heavy atom. The summed E-state index contributed by atoms with van der Waals surface area (Å²) in [7, 11) is 0. The van der Waals surface area contributed by atoms with Gasteiger partial charge in [0.1, 0.15) is 0 Å². The van der Waals surface area contributed by atoms with Gasteiger partial charge in [-0.05, 0) is 29.5 Å². The minimum atomic E-state index is -0.122. The lowest BCUT2D eigenvalue weighted by Crippen LogP contribution is -2.24. The second-order valence-electron chi connectivity index (χ2n) is 4.45. The predicted octanol–water partition coefficient (Wildman–Crippen LogP) is 2.45. The highest BCUT2D eigenvalue weighted by atomic mass is 35.5. The first-order valence-electron chi connectivity index (χ1n) is 5.34. The Labute approximate surface area is 105 Å². The van der Waals surface area contributed by atoms with Gasteiger partial charge in [-0.2, -0.15) is 0 Å². The van der Waals surface area contributed by atoms with Crippen molar-refractivity contribution in [2.24, 2.45) is 17.6 Å². The van der Waals surface area contributed by atoms with Crippen LogP contribution < -0.4 is 5.73 Å². The summed E-state index contributed by atoms with van der Waals surface area (Å²) in [5.74, 6) is 0.620. The topological polar surface area (TPSA) is 46.2 Å². The van der Waals surface area contributed by atoms with Crippen LogP contribution in [-0.2, 0) is 5.41 Å². The SMILES string of the molecule is C[C@@H]1[C@H](CO)[C@@]1(CN)c1ccc(Cl)c(Cl)c1. The van der Waals surface area contributed by atoms with Gasteiger partial charge in [0.25, 0.3) is 0 Å². The van der Waals surface area contributed by atoms with Crippen molar-refractivity contribution in [2.45, 2.75) is 12.3 Å². The van der Waals surface area contributed by atoms with E-state index in [1.807, 2.05) is 12.1 Å². The fraction of sp³-hybridized carbons (Fsp3) is 0.500. The van der Waals surface area contributed by atoms with Gasteiger partial charge in [0.2, 0.25) is 0 Å². The highest BCUT2D eigenvalue weighted by molar-refractivity contribution is 6.42. The van der Waals surface area contributed by atoms with Crippen LogP contribution in [0.3, 0.4) is 0 Å². The number of benzene rings is 1. The van der Waals surface area contributed by atoms with Gasteiger partial charge in [-0.3, -0.25) is 0 Å². The maximum atomic E-state index is 9.31. The molecule has 1 aliphatic carbocycles. The van der Waals surface area contributed by atoms with Crippen LogP contribution >= 0.6 is 23.2 Å². The molecule has 0 saturated heterocycles. The van der Waals surface area contributed by atoms with E-state index in [1.165, 1.54) is 0 Å². The fourth-order valence-electron chi connectivity index (χ4n) is 2.76. The maximum Gasteiger partial charge on any atom is 0.0595 e. The van der Waals surface area contributed by atoms with Crippen LogP contribution in [0.1, 0.15) is 12.5 Å². The number of hydrogen-bond donors (Lipinski definition) is 2. The van der Waals surface area contributed by atoms with E-state index in [0.717, 1.165) is 5.56 Å². The molecule has 1 aromatic carbocycles. The molecule has 0 amide bonds. The average molecular weight is 260 g/mol. The van der Waals surface area contributed by atoms with Gasteiger partial charge >= 0.3 is 0 Å². The number of hydrogen-bond acceptors (Lipinski definition) is 2. The Bertz CT molecular complexity index is 410. The Hall–Kier alpha value is -0.280. The maximum absolute atomic E-state index is 9.31. The minimum absolute atomic E-state index is 0.122. The van der Waals surface area contributed by atoms with Gasteiger partial charge in [0.05, 0.1) is 10.0 Å². The van der Waals surface area contributed by atoms with Crippen LogP contribution in [-0.4, -0.2) is 18.3 Å². The average Bonchev–Trinajstić information content (AvgIpc) is 2.88. The summed E-state index contributed by atoms with van der Waals surface area (Å²) in [6, 6.07) is 5.60. The van der Waals surface area contributed by atoms with Gasteiger partial charge in [0, 0.05) is 18.6 Å². The molecule has 2 rings (SSSR count). The third-order valence-corrected chi connectivity index (χ3v) is 4.70. The second-order valence-corrected chi connectivity index (χ2v) is 5.27. The van der Waals surface area contributed by atoms with Crippen LogP contribution in [0.4, 0.5) is 0 Å². The number of aliphatic hydroxyl groups excluding tert-OH is 1. The second kappa shape index (κ2) is 4.19. The van der Waals surface area contributed by atoms with Gasteiger partial charge in [-0.1, -0.05) is 36.2 Å². The molecule has 0 bridgehead atoms. The van der Waals surface area contributed by atoms with E-state index in [4.69, 9.17) is 28.9 Å². The molecule has 0 aliphatic heterocycles. The lowest BCUT2D eigenvalue weighted by atomic mass is 9.92. The molecule has 1 fully saturated rings. The lowest BCUT2D eigenvalue weighted by Gasteiger charge is -2.16. The Morgan fingerprint density at radius 3 is 2.50 bits per heavy atom. The van der Waals surface area contributed by atoms with E-state index < -0.39 is 0 Å². The van der Waals surface area contributed by atoms with Crippen LogP contribution in [0.2, 0.25) is 10.0 Å². The monoisotopic (exact) mass is 259 g/mol. The molecule has 1 aromatic rings. The third-order valence-electron chi connectivity index (χ3n) is 3.96. The number of aliphatic hydroxyl groups is 1. The summed E-state index contributed by atoms with van der Waals surface area (Å²) in [5, 5.41) is 10.4. The molecule has 88 valence electrons. The molecular formula is C12H15Cl2NO. The highest BCUT2D eigenvalue weighted by Crippen LogP contribution is 2.59. The van der Waals surface area contributed by atoms with E-state index in [2.05, 4.69) is 6.92 Å². The molecule has 2 nitrogen and oxygen atoms in total.